The van der Waals surface area contributed by atoms with E-state index in [0.717, 1.165) is 45.1 Å². The molecule has 0 N–H and O–H groups in total. The normalized spacial score (nSPS) is 13.5. The molecule has 0 spiro atoms. The zero-order valence-electron chi connectivity index (χ0n) is 42.7. The monoisotopic (exact) mass is 937 g/mol. The first-order valence-corrected chi connectivity index (χ1v) is 25.4. The Morgan fingerprint density at radius 1 is 0.417 bits per heavy atom. The van der Waals surface area contributed by atoms with E-state index in [1.807, 2.05) is 6.20 Å². The van der Waals surface area contributed by atoms with Gasteiger partial charge in [0.05, 0.1) is 39.1 Å². The number of aromatic nitrogens is 3. The molecule has 0 fully saturated rings. The molecule has 2 aliphatic rings. The predicted octanol–water partition coefficient (Wildman–Crippen LogP) is 17.9. The summed E-state index contributed by atoms with van der Waals surface area (Å²) in [5.74, 6) is 2.40. The Hall–Kier alpha value is -8.09. The van der Waals surface area contributed by atoms with Crippen LogP contribution in [0.2, 0.25) is 0 Å². The molecule has 0 saturated heterocycles. The van der Waals surface area contributed by atoms with E-state index >= 15 is 0 Å². The Labute approximate surface area is 422 Å². The van der Waals surface area contributed by atoms with Crippen molar-refractivity contribution in [3.8, 4) is 45.3 Å². The van der Waals surface area contributed by atoms with Crippen molar-refractivity contribution in [1.82, 2.24) is 14.1 Å². The van der Waals surface area contributed by atoms with E-state index in [0.29, 0.717) is 6.67 Å². The van der Waals surface area contributed by atoms with Gasteiger partial charge in [-0.25, -0.2) is 4.98 Å². The highest BCUT2D eigenvalue weighted by atomic mass is 16.5. The van der Waals surface area contributed by atoms with Crippen LogP contribution in [0.1, 0.15) is 79.0 Å². The van der Waals surface area contributed by atoms with Crippen LogP contribution in [0.15, 0.2) is 182 Å². The average molecular weight is 938 g/mol. The molecule has 3 aromatic heterocycles. The summed E-state index contributed by atoms with van der Waals surface area (Å²) in [7, 11) is 0. The fourth-order valence-corrected chi connectivity index (χ4v) is 11.4. The lowest BCUT2D eigenvalue weighted by Gasteiger charge is -2.29. The molecule has 72 heavy (non-hydrogen) atoms. The van der Waals surface area contributed by atoms with Gasteiger partial charge < -0.3 is 19.1 Å². The number of rotatable bonds is 5. The zero-order valence-corrected chi connectivity index (χ0v) is 42.7. The van der Waals surface area contributed by atoms with Crippen LogP contribution in [-0.4, -0.2) is 20.8 Å². The maximum atomic E-state index is 6.99. The van der Waals surface area contributed by atoms with Crippen molar-refractivity contribution >= 4 is 66.4 Å². The van der Waals surface area contributed by atoms with E-state index in [-0.39, 0.29) is 16.2 Å². The highest BCUT2D eigenvalue weighted by Gasteiger charge is 2.32. The topological polar surface area (TPSA) is 38.5 Å². The first-order valence-electron chi connectivity index (χ1n) is 25.4. The molecule has 0 unspecified atom stereocenters. The molecule has 8 aromatic carbocycles. The van der Waals surface area contributed by atoms with Gasteiger partial charge in [0.25, 0.3) is 0 Å². The van der Waals surface area contributed by atoms with Crippen molar-refractivity contribution in [2.24, 2.45) is 0 Å². The second-order valence-corrected chi connectivity index (χ2v) is 23.0. The van der Waals surface area contributed by atoms with E-state index < -0.39 is 0 Å². The lowest BCUT2D eigenvalue weighted by atomic mass is 9.80. The standard InChI is InChI=1S/C66H59N5O/c1-64(2,3)41-32-33-67-60(37-41)70-57-30-31-58-61(50-22-11-10-20-48(50)51-23-17-24-52-49-21-12-13-25-54(49)71(58)63(51)52)62(57)53-29-28-47(39-59(53)70)72-46-19-16-18-44(38-46)68-40-69(56-27-15-14-26-55(56)68)45-35-42(65(4,5)6)34-43(36-45)66(7,8)9/h10-39H,40H2,1-9H3. The van der Waals surface area contributed by atoms with Crippen LogP contribution in [0, 0.1) is 0 Å². The fourth-order valence-electron chi connectivity index (χ4n) is 11.4. The van der Waals surface area contributed by atoms with E-state index in [9.17, 15) is 0 Å². The van der Waals surface area contributed by atoms with Crippen molar-refractivity contribution in [2.75, 3.05) is 16.5 Å². The Morgan fingerprint density at radius 3 is 1.81 bits per heavy atom. The highest BCUT2D eigenvalue weighted by molar-refractivity contribution is 6.23. The molecule has 6 heteroatoms. The number of anilines is 4. The first-order chi connectivity index (χ1) is 34.6. The number of hydrogen-bond acceptors (Lipinski definition) is 4. The van der Waals surface area contributed by atoms with Gasteiger partial charge in [-0.2, -0.15) is 0 Å². The summed E-state index contributed by atoms with van der Waals surface area (Å²) in [6, 6.07) is 64.7. The van der Waals surface area contributed by atoms with Gasteiger partial charge in [-0.1, -0.05) is 147 Å². The Bertz CT molecular complexity index is 3990. The van der Waals surface area contributed by atoms with E-state index in [1.54, 1.807) is 0 Å². The SMILES string of the molecule is CC(C)(C)c1cc(N2CN(c3cccc(Oc4ccc5c6c7c(ccc6n(-c6cc(C(C)(C)C)ccn6)c5c4)-n4c5ccccc5c5cccc(c54)-c4ccccc4-7)c3)c3ccccc32)cc(C(C)(C)C)c1. The smallest absolute Gasteiger partial charge is 0.137 e. The van der Waals surface area contributed by atoms with Crippen molar-refractivity contribution in [3.05, 3.63) is 199 Å². The molecule has 13 rings (SSSR count). The molecule has 0 saturated carbocycles. The average Bonchev–Trinajstić information content (AvgIpc) is 4.01. The number of benzene rings is 8. The Morgan fingerprint density at radius 2 is 1.06 bits per heavy atom. The van der Waals surface area contributed by atoms with E-state index in [1.165, 1.54) is 83.2 Å². The first kappa shape index (κ1) is 43.9. The summed E-state index contributed by atoms with van der Waals surface area (Å²) in [4.78, 5) is 9.99. The summed E-state index contributed by atoms with van der Waals surface area (Å²) in [5.41, 5.74) is 19.1. The summed E-state index contributed by atoms with van der Waals surface area (Å²) in [5, 5.41) is 4.83. The minimum atomic E-state index is -0.0723. The minimum absolute atomic E-state index is 0.00680. The fraction of sp³-hybridized carbons (Fsp3) is 0.197. The molecule has 11 aromatic rings. The molecule has 0 bridgehead atoms. The van der Waals surface area contributed by atoms with Crippen molar-refractivity contribution in [1.29, 1.82) is 0 Å². The maximum absolute atomic E-state index is 6.99. The van der Waals surface area contributed by atoms with Gasteiger partial charge in [0.15, 0.2) is 0 Å². The molecule has 2 aliphatic heterocycles. The summed E-state index contributed by atoms with van der Waals surface area (Å²) < 4.78 is 11.8. The molecule has 0 radical (unpaired) electrons. The number of nitrogens with zero attached hydrogens (tertiary/aromatic N) is 5. The predicted molar refractivity (Wildman–Crippen MR) is 302 cm³/mol. The number of pyridine rings is 1. The van der Waals surface area contributed by atoms with Crippen molar-refractivity contribution < 1.29 is 4.74 Å². The lowest BCUT2D eigenvalue weighted by Crippen LogP contribution is -2.25. The van der Waals surface area contributed by atoms with Gasteiger partial charge in [-0.3, -0.25) is 4.57 Å². The number of para-hydroxylation sites is 4. The third-order valence-corrected chi connectivity index (χ3v) is 15.2. The molecular weight excluding hydrogens is 879 g/mol. The van der Waals surface area contributed by atoms with Crippen LogP contribution in [0.3, 0.4) is 0 Å². The van der Waals surface area contributed by atoms with Crippen LogP contribution in [0.25, 0.3) is 77.4 Å². The van der Waals surface area contributed by atoms with Crippen LogP contribution < -0.4 is 14.5 Å². The molecular formula is C66H59N5O. The van der Waals surface area contributed by atoms with Gasteiger partial charge in [0, 0.05) is 62.4 Å². The highest BCUT2D eigenvalue weighted by Crippen LogP contribution is 2.52. The van der Waals surface area contributed by atoms with Crippen LogP contribution in [0.5, 0.6) is 11.5 Å². The van der Waals surface area contributed by atoms with Gasteiger partial charge in [0.1, 0.15) is 24.0 Å². The van der Waals surface area contributed by atoms with Crippen LogP contribution in [-0.2, 0) is 16.2 Å². The van der Waals surface area contributed by atoms with Gasteiger partial charge >= 0.3 is 0 Å². The number of ether oxygens (including phenoxy) is 1. The Balaban J connectivity index is 0.961. The quantitative estimate of drug-likeness (QED) is 0.172. The summed E-state index contributed by atoms with van der Waals surface area (Å²) in [6.45, 7) is 21.3. The Kier molecular flexibility index (Phi) is 9.57. The maximum Gasteiger partial charge on any atom is 0.137 e. The molecule has 0 aliphatic carbocycles. The number of hydrogen-bond donors (Lipinski definition) is 0. The van der Waals surface area contributed by atoms with Crippen molar-refractivity contribution in [2.45, 2.75) is 78.6 Å². The third kappa shape index (κ3) is 6.87. The van der Waals surface area contributed by atoms with Gasteiger partial charge in [-0.05, 0) is 123 Å². The lowest BCUT2D eigenvalue weighted by molar-refractivity contribution is 0.483. The van der Waals surface area contributed by atoms with Crippen LogP contribution >= 0.6 is 0 Å². The molecule has 0 atom stereocenters. The van der Waals surface area contributed by atoms with Gasteiger partial charge in [-0.15, -0.1) is 0 Å². The van der Waals surface area contributed by atoms with Gasteiger partial charge in [0.2, 0.25) is 0 Å². The van der Waals surface area contributed by atoms with E-state index in [4.69, 9.17) is 9.72 Å². The number of fused-ring (bicyclic) bond motifs is 13. The minimum Gasteiger partial charge on any atom is -0.457 e. The zero-order chi connectivity index (χ0) is 49.4. The van der Waals surface area contributed by atoms with Crippen LogP contribution in [0.4, 0.5) is 22.7 Å². The third-order valence-electron chi connectivity index (χ3n) is 15.2. The molecule has 6 nitrogen and oxygen atoms in total. The molecule has 5 heterocycles. The van der Waals surface area contributed by atoms with Crippen molar-refractivity contribution in [3.63, 3.8) is 0 Å². The van der Waals surface area contributed by atoms with E-state index in [2.05, 4.69) is 257 Å². The largest absolute Gasteiger partial charge is 0.457 e. The second-order valence-electron chi connectivity index (χ2n) is 23.0. The second kappa shape index (κ2) is 15.7. The summed E-state index contributed by atoms with van der Waals surface area (Å²) >= 11 is 0. The summed E-state index contributed by atoms with van der Waals surface area (Å²) in [6.07, 6.45) is 1.96. The molecule has 354 valence electrons. The molecule has 0 amide bonds.